The van der Waals surface area contributed by atoms with Crippen molar-refractivity contribution in [1.29, 1.82) is 0 Å². The lowest BCUT2D eigenvalue weighted by atomic mass is 9.49. The minimum Gasteiger partial charge on any atom is -0.386 e. The first kappa shape index (κ1) is 16.6. The van der Waals surface area contributed by atoms with E-state index in [2.05, 4.69) is 10.5 Å². The van der Waals surface area contributed by atoms with Crippen molar-refractivity contribution in [1.82, 2.24) is 5.32 Å². The molecule has 4 fully saturated rings. The molecule has 0 atom stereocenters. The van der Waals surface area contributed by atoms with Crippen LogP contribution in [0, 0.1) is 29.0 Å². The van der Waals surface area contributed by atoms with Gasteiger partial charge in [0, 0.05) is 6.54 Å². The summed E-state index contributed by atoms with van der Waals surface area (Å²) in [5.74, 6) is 2.20. The van der Waals surface area contributed by atoms with Crippen molar-refractivity contribution in [2.75, 3.05) is 13.2 Å². The van der Waals surface area contributed by atoms with E-state index in [4.69, 9.17) is 4.84 Å². The SMILES string of the molecule is O=C(CO/N=C\c1cccc(F)c1)NCC12CC3CC(CC(C3)C1)C2. The zero-order valence-electron chi connectivity index (χ0n) is 14.4. The summed E-state index contributed by atoms with van der Waals surface area (Å²) >= 11 is 0. The quantitative estimate of drug-likeness (QED) is 0.634. The Kier molecular flexibility index (Phi) is 4.48. The molecule has 1 aromatic rings. The lowest BCUT2D eigenvalue weighted by Gasteiger charge is -2.56. The van der Waals surface area contributed by atoms with E-state index in [9.17, 15) is 9.18 Å². The third kappa shape index (κ3) is 3.86. The van der Waals surface area contributed by atoms with Crippen molar-refractivity contribution in [3.8, 4) is 0 Å². The van der Waals surface area contributed by atoms with Crippen LogP contribution in [0.4, 0.5) is 4.39 Å². The number of nitrogens with zero attached hydrogens (tertiary/aromatic N) is 1. The molecule has 1 N–H and O–H groups in total. The van der Waals surface area contributed by atoms with E-state index in [0.29, 0.717) is 11.0 Å². The predicted octanol–water partition coefficient (Wildman–Crippen LogP) is 3.51. The van der Waals surface area contributed by atoms with Gasteiger partial charge in [-0.15, -0.1) is 0 Å². The highest BCUT2D eigenvalue weighted by atomic mass is 19.1. The summed E-state index contributed by atoms with van der Waals surface area (Å²) in [6.07, 6.45) is 9.46. The van der Waals surface area contributed by atoms with Crippen molar-refractivity contribution < 1.29 is 14.0 Å². The predicted molar refractivity (Wildman–Crippen MR) is 93.6 cm³/mol. The largest absolute Gasteiger partial charge is 0.386 e. The van der Waals surface area contributed by atoms with Crippen LogP contribution in [0.2, 0.25) is 0 Å². The first-order valence-corrected chi connectivity index (χ1v) is 9.28. The van der Waals surface area contributed by atoms with Gasteiger partial charge < -0.3 is 10.2 Å². The molecule has 0 saturated heterocycles. The molecule has 0 heterocycles. The third-order valence-corrected chi connectivity index (χ3v) is 6.15. The van der Waals surface area contributed by atoms with Crippen molar-refractivity contribution in [3.63, 3.8) is 0 Å². The summed E-state index contributed by atoms with van der Waals surface area (Å²) in [5.41, 5.74) is 0.934. The molecule has 1 aromatic carbocycles. The molecule has 0 radical (unpaired) electrons. The number of carbonyl (C=O) groups is 1. The summed E-state index contributed by atoms with van der Waals surface area (Å²) in [7, 11) is 0. The zero-order valence-corrected chi connectivity index (χ0v) is 14.4. The van der Waals surface area contributed by atoms with Gasteiger partial charge in [-0.05, 0) is 79.4 Å². The molecule has 1 amide bonds. The molecule has 5 rings (SSSR count). The Morgan fingerprint density at radius 1 is 1.24 bits per heavy atom. The maximum Gasteiger partial charge on any atom is 0.260 e. The summed E-state index contributed by atoms with van der Waals surface area (Å²) < 4.78 is 13.0. The lowest BCUT2D eigenvalue weighted by molar-refractivity contribution is -0.127. The number of amides is 1. The Labute approximate surface area is 147 Å². The second-order valence-electron chi connectivity index (χ2n) is 8.26. The Morgan fingerprint density at radius 3 is 2.56 bits per heavy atom. The van der Waals surface area contributed by atoms with E-state index < -0.39 is 0 Å². The van der Waals surface area contributed by atoms with Gasteiger partial charge >= 0.3 is 0 Å². The molecule has 0 spiro atoms. The second-order valence-corrected chi connectivity index (χ2v) is 8.26. The second kappa shape index (κ2) is 6.77. The van der Waals surface area contributed by atoms with Crippen LogP contribution in [0.15, 0.2) is 29.4 Å². The van der Waals surface area contributed by atoms with Gasteiger partial charge in [0.05, 0.1) is 6.21 Å². The molecule has 25 heavy (non-hydrogen) atoms. The summed E-state index contributed by atoms with van der Waals surface area (Å²) in [4.78, 5) is 17.1. The fourth-order valence-corrected chi connectivity index (χ4v) is 5.62. The van der Waals surface area contributed by atoms with Gasteiger partial charge in [-0.2, -0.15) is 0 Å². The monoisotopic (exact) mass is 344 g/mol. The maximum atomic E-state index is 13.0. The van der Waals surface area contributed by atoms with Crippen LogP contribution < -0.4 is 5.32 Å². The summed E-state index contributed by atoms with van der Waals surface area (Å²) in [6, 6.07) is 6.06. The zero-order chi connectivity index (χ0) is 17.3. The van der Waals surface area contributed by atoms with E-state index >= 15 is 0 Å². The van der Waals surface area contributed by atoms with Crippen molar-refractivity contribution in [2.45, 2.75) is 38.5 Å². The Bertz CT molecular complexity index is 638. The molecule has 0 aromatic heterocycles. The third-order valence-electron chi connectivity index (χ3n) is 6.15. The minimum absolute atomic E-state index is 0.0990. The first-order chi connectivity index (χ1) is 12.1. The lowest BCUT2D eigenvalue weighted by Crippen LogP contribution is -2.51. The summed E-state index contributed by atoms with van der Waals surface area (Å²) in [5, 5.41) is 6.79. The average molecular weight is 344 g/mol. The number of hydrogen-bond acceptors (Lipinski definition) is 3. The molecule has 0 unspecified atom stereocenters. The smallest absolute Gasteiger partial charge is 0.260 e. The molecular weight excluding hydrogens is 319 g/mol. The normalized spacial score (nSPS) is 32.9. The number of oxime groups is 1. The van der Waals surface area contributed by atoms with Gasteiger partial charge in [0.1, 0.15) is 5.82 Å². The molecule has 134 valence electrons. The van der Waals surface area contributed by atoms with Gasteiger partial charge in [-0.25, -0.2) is 4.39 Å². The molecule has 4 bridgehead atoms. The van der Waals surface area contributed by atoms with Gasteiger partial charge in [-0.3, -0.25) is 4.79 Å². The molecule has 4 saturated carbocycles. The van der Waals surface area contributed by atoms with Gasteiger partial charge in [0.25, 0.3) is 5.91 Å². The number of benzene rings is 1. The number of rotatable bonds is 6. The van der Waals surface area contributed by atoms with E-state index in [-0.39, 0.29) is 18.3 Å². The number of halogens is 1. The van der Waals surface area contributed by atoms with Crippen molar-refractivity contribution in [3.05, 3.63) is 35.6 Å². The number of nitrogens with one attached hydrogen (secondary N) is 1. The van der Waals surface area contributed by atoms with Crippen LogP contribution >= 0.6 is 0 Å². The van der Waals surface area contributed by atoms with E-state index in [0.717, 1.165) is 24.3 Å². The van der Waals surface area contributed by atoms with Gasteiger partial charge in [-0.1, -0.05) is 17.3 Å². The number of hydrogen-bond donors (Lipinski definition) is 1. The maximum absolute atomic E-state index is 13.0. The van der Waals surface area contributed by atoms with Crippen LogP contribution in [-0.4, -0.2) is 25.3 Å². The topological polar surface area (TPSA) is 50.7 Å². The standard InChI is InChI=1S/C20H25FN2O2/c21-18-3-1-2-14(7-18)11-23-25-12-19(24)22-13-20-8-15-4-16(9-20)6-17(5-15)10-20/h1-3,7,11,15-17H,4-6,8-10,12-13H2,(H,22,24)/b23-11-. The van der Waals surface area contributed by atoms with E-state index in [1.807, 2.05) is 0 Å². The molecule has 5 heteroatoms. The van der Waals surface area contributed by atoms with Crippen LogP contribution in [0.3, 0.4) is 0 Å². The molecule has 0 aliphatic heterocycles. The average Bonchev–Trinajstić information content (AvgIpc) is 2.56. The van der Waals surface area contributed by atoms with E-state index in [1.165, 1.54) is 56.9 Å². The highest BCUT2D eigenvalue weighted by molar-refractivity contribution is 5.79. The Balaban J connectivity index is 1.22. The van der Waals surface area contributed by atoms with Crippen LogP contribution in [0.25, 0.3) is 0 Å². The Morgan fingerprint density at radius 2 is 1.92 bits per heavy atom. The van der Waals surface area contributed by atoms with E-state index in [1.54, 1.807) is 12.1 Å². The molecule has 4 nitrogen and oxygen atoms in total. The molecular formula is C20H25FN2O2. The van der Waals surface area contributed by atoms with Crippen LogP contribution in [0.5, 0.6) is 0 Å². The minimum atomic E-state index is -0.322. The van der Waals surface area contributed by atoms with Gasteiger partial charge in [0.15, 0.2) is 6.61 Å². The highest BCUT2D eigenvalue weighted by Crippen LogP contribution is 2.59. The van der Waals surface area contributed by atoms with Crippen molar-refractivity contribution in [2.24, 2.45) is 28.3 Å². The summed E-state index contributed by atoms with van der Waals surface area (Å²) in [6.45, 7) is 0.671. The Hall–Kier alpha value is -1.91. The van der Waals surface area contributed by atoms with Gasteiger partial charge in [0.2, 0.25) is 0 Å². The fourth-order valence-electron chi connectivity index (χ4n) is 5.62. The molecule has 4 aliphatic rings. The van der Waals surface area contributed by atoms with Crippen LogP contribution in [-0.2, 0) is 9.63 Å². The molecule has 4 aliphatic carbocycles. The first-order valence-electron chi connectivity index (χ1n) is 9.28. The highest BCUT2D eigenvalue weighted by Gasteiger charge is 2.50. The van der Waals surface area contributed by atoms with Crippen molar-refractivity contribution >= 4 is 12.1 Å². The number of carbonyl (C=O) groups excluding carboxylic acids is 1. The van der Waals surface area contributed by atoms with Crippen LogP contribution in [0.1, 0.15) is 44.1 Å². The fraction of sp³-hybridized carbons (Fsp3) is 0.600.